The van der Waals surface area contributed by atoms with Crippen LogP contribution < -0.4 is 11.9 Å². The molecule has 6 N–H and O–H groups in total. The van der Waals surface area contributed by atoms with Crippen molar-refractivity contribution in [3.8, 4) is 0 Å². The first-order valence-electron chi connectivity index (χ1n) is 2.57. The Hall–Kier alpha value is -0.170. The van der Waals surface area contributed by atoms with E-state index in [0.717, 1.165) is 0 Å². The lowest BCUT2D eigenvalue weighted by atomic mass is 10.2. The van der Waals surface area contributed by atoms with E-state index in [9.17, 15) is 8.42 Å². The van der Waals surface area contributed by atoms with Crippen molar-refractivity contribution >= 4 is 10.1 Å². The number of hydrogen-bond acceptors (Lipinski definition) is 4. The monoisotopic (exact) mass is 170 g/mol. The van der Waals surface area contributed by atoms with Crippen LogP contribution in [-0.2, 0) is 10.1 Å². The van der Waals surface area contributed by atoms with Gasteiger partial charge in [-0.05, 0) is 5.92 Å². The molecule has 1 atom stereocenters. The summed E-state index contributed by atoms with van der Waals surface area (Å²) in [6, 6.07) is 0. The van der Waals surface area contributed by atoms with E-state index >= 15 is 0 Å². The molecule has 0 amide bonds. The lowest BCUT2D eigenvalue weighted by molar-refractivity contribution is 0.444. The van der Waals surface area contributed by atoms with Crippen LogP contribution in [0.4, 0.5) is 0 Å². The highest BCUT2D eigenvalue weighted by molar-refractivity contribution is 7.86. The largest absolute Gasteiger partial charge is 0.344 e. The number of nitrogens with two attached hydrogens (primary N) is 1. The third-order valence-electron chi connectivity index (χ3n) is 1.00. The zero-order chi connectivity index (χ0) is 7.65. The molecule has 1 unspecified atom stereocenters. The minimum atomic E-state index is -4.02. The highest BCUT2D eigenvalue weighted by atomic mass is 32.2. The molecule has 0 fully saturated rings. The molecule has 10 heavy (non-hydrogen) atoms. The Morgan fingerprint density at radius 3 is 1.70 bits per heavy atom. The highest BCUT2D eigenvalue weighted by Gasteiger charge is 2.20. The summed E-state index contributed by atoms with van der Waals surface area (Å²) in [6.45, 7) is 3.25. The minimum absolute atomic E-state index is 0. The van der Waals surface area contributed by atoms with Gasteiger partial charge < -0.3 is 11.9 Å². The molecule has 64 valence electrons. The van der Waals surface area contributed by atoms with Gasteiger partial charge in [0.05, 0.1) is 0 Å². The molecule has 0 aromatic carbocycles. The summed E-state index contributed by atoms with van der Waals surface area (Å²) < 4.78 is 28.7. The van der Waals surface area contributed by atoms with Crippen LogP contribution in [0.3, 0.4) is 0 Å². The van der Waals surface area contributed by atoms with E-state index in [1.807, 2.05) is 0 Å². The molecular formula is C4H14N2O3S. The zero-order valence-electron chi connectivity index (χ0n) is 6.11. The first-order valence-corrected chi connectivity index (χ1v) is 4.08. The maximum Gasteiger partial charge on any atom is 0.281 e. The molecule has 0 aliphatic carbocycles. The Morgan fingerprint density at radius 2 is 1.70 bits per heavy atom. The van der Waals surface area contributed by atoms with Gasteiger partial charge in [0.25, 0.3) is 10.1 Å². The van der Waals surface area contributed by atoms with Crippen molar-refractivity contribution < 1.29 is 13.0 Å². The Labute approximate surface area is 60.9 Å². The maximum atomic E-state index is 10.2. The molecule has 0 aromatic rings. The van der Waals surface area contributed by atoms with E-state index < -0.39 is 15.5 Å². The van der Waals surface area contributed by atoms with Gasteiger partial charge >= 0.3 is 0 Å². The standard InChI is InChI=1S/C4H11NO3S.H3N/c1-3(2)4(5)9(6,7)8;/h3-4H,5H2,1-2H3,(H,6,7,8);1H3. The fraction of sp³-hybridized carbons (Fsp3) is 1.00. The third-order valence-corrected chi connectivity index (χ3v) is 2.23. The van der Waals surface area contributed by atoms with E-state index in [1.165, 1.54) is 0 Å². The van der Waals surface area contributed by atoms with Crippen molar-refractivity contribution in [3.05, 3.63) is 0 Å². The fourth-order valence-electron chi connectivity index (χ4n) is 0.344. The summed E-state index contributed by atoms with van der Waals surface area (Å²) in [5, 5.41) is -1.16. The Kier molecular flexibility index (Phi) is 4.84. The molecule has 0 aliphatic heterocycles. The first kappa shape index (κ1) is 12.5. The summed E-state index contributed by atoms with van der Waals surface area (Å²) in [4.78, 5) is 0. The van der Waals surface area contributed by atoms with Crippen LogP contribution >= 0.6 is 0 Å². The van der Waals surface area contributed by atoms with Gasteiger partial charge in [0.1, 0.15) is 5.37 Å². The predicted octanol–water partition coefficient (Wildman–Crippen LogP) is -0.0230. The topological polar surface area (TPSA) is 115 Å². The average Bonchev–Trinajstić information content (AvgIpc) is 1.62. The second kappa shape index (κ2) is 3.87. The van der Waals surface area contributed by atoms with Gasteiger partial charge in [-0.2, -0.15) is 8.42 Å². The highest BCUT2D eigenvalue weighted by Crippen LogP contribution is 2.03. The summed E-state index contributed by atoms with van der Waals surface area (Å²) in [7, 11) is -4.02. The lowest BCUT2D eigenvalue weighted by Crippen LogP contribution is -2.34. The van der Waals surface area contributed by atoms with E-state index in [0.29, 0.717) is 0 Å². The van der Waals surface area contributed by atoms with Gasteiger partial charge in [-0.15, -0.1) is 0 Å². The van der Waals surface area contributed by atoms with Gasteiger partial charge in [0.2, 0.25) is 0 Å². The maximum absolute atomic E-state index is 10.2. The van der Waals surface area contributed by atoms with E-state index in [-0.39, 0.29) is 12.1 Å². The normalized spacial score (nSPS) is 14.5. The molecule has 0 saturated heterocycles. The Balaban J connectivity index is 0. The van der Waals surface area contributed by atoms with Crippen molar-refractivity contribution in [1.29, 1.82) is 0 Å². The van der Waals surface area contributed by atoms with Crippen LogP contribution in [0, 0.1) is 5.92 Å². The molecular weight excluding hydrogens is 156 g/mol. The smallest absolute Gasteiger partial charge is 0.281 e. The quantitative estimate of drug-likeness (QED) is 0.503. The van der Waals surface area contributed by atoms with Crippen LogP contribution in [-0.4, -0.2) is 18.3 Å². The van der Waals surface area contributed by atoms with Crippen LogP contribution in [0.2, 0.25) is 0 Å². The first-order chi connectivity index (χ1) is 3.85. The van der Waals surface area contributed by atoms with Crippen LogP contribution in [0.1, 0.15) is 13.8 Å². The predicted molar refractivity (Wildman–Crippen MR) is 39.4 cm³/mol. The summed E-state index contributed by atoms with van der Waals surface area (Å²) in [5.74, 6) is -0.250. The summed E-state index contributed by atoms with van der Waals surface area (Å²) in [6.07, 6.45) is 0. The fourth-order valence-corrected chi connectivity index (χ4v) is 1.03. The molecule has 5 nitrogen and oxygen atoms in total. The van der Waals surface area contributed by atoms with E-state index in [4.69, 9.17) is 10.3 Å². The van der Waals surface area contributed by atoms with Crippen molar-refractivity contribution in [1.82, 2.24) is 6.15 Å². The van der Waals surface area contributed by atoms with E-state index in [1.54, 1.807) is 13.8 Å². The summed E-state index contributed by atoms with van der Waals surface area (Å²) >= 11 is 0. The Bertz CT molecular complexity index is 175. The third kappa shape index (κ3) is 3.78. The number of hydrogen-bond donors (Lipinski definition) is 3. The second-order valence-corrected chi connectivity index (χ2v) is 3.80. The van der Waals surface area contributed by atoms with E-state index in [2.05, 4.69) is 0 Å². The number of rotatable bonds is 2. The molecule has 0 spiro atoms. The Morgan fingerprint density at radius 1 is 1.40 bits per heavy atom. The molecule has 0 rings (SSSR count). The SMILES string of the molecule is CC(C)C(N)S(=O)(=O)O.N. The lowest BCUT2D eigenvalue weighted by Gasteiger charge is -2.10. The van der Waals surface area contributed by atoms with Gasteiger partial charge in [-0.1, -0.05) is 13.8 Å². The van der Waals surface area contributed by atoms with Crippen molar-refractivity contribution in [3.63, 3.8) is 0 Å². The molecule has 0 aliphatic rings. The van der Waals surface area contributed by atoms with Gasteiger partial charge in [-0.25, -0.2) is 0 Å². The second-order valence-electron chi connectivity index (χ2n) is 2.22. The van der Waals surface area contributed by atoms with Crippen molar-refractivity contribution in [2.45, 2.75) is 19.2 Å². The van der Waals surface area contributed by atoms with Crippen molar-refractivity contribution in [2.24, 2.45) is 11.7 Å². The molecule has 0 saturated carbocycles. The van der Waals surface area contributed by atoms with Crippen LogP contribution in [0.25, 0.3) is 0 Å². The molecule has 0 bridgehead atoms. The van der Waals surface area contributed by atoms with Gasteiger partial charge in [-0.3, -0.25) is 4.55 Å². The minimum Gasteiger partial charge on any atom is -0.344 e. The molecule has 0 radical (unpaired) electrons. The average molecular weight is 170 g/mol. The van der Waals surface area contributed by atoms with Gasteiger partial charge in [0.15, 0.2) is 0 Å². The van der Waals surface area contributed by atoms with Crippen molar-refractivity contribution in [2.75, 3.05) is 0 Å². The van der Waals surface area contributed by atoms with Crippen LogP contribution in [0.15, 0.2) is 0 Å². The molecule has 6 heteroatoms. The summed E-state index contributed by atoms with van der Waals surface area (Å²) in [5.41, 5.74) is 5.06. The molecule has 0 heterocycles. The molecule has 0 aromatic heterocycles. The van der Waals surface area contributed by atoms with Crippen LogP contribution in [0.5, 0.6) is 0 Å². The van der Waals surface area contributed by atoms with Gasteiger partial charge in [0, 0.05) is 0 Å². The zero-order valence-corrected chi connectivity index (χ0v) is 6.93.